The van der Waals surface area contributed by atoms with Gasteiger partial charge in [-0.3, -0.25) is 0 Å². The zero-order valence-corrected chi connectivity index (χ0v) is 33.1. The van der Waals surface area contributed by atoms with Crippen molar-refractivity contribution >= 4 is 76.3 Å². The van der Waals surface area contributed by atoms with Gasteiger partial charge in [-0.2, -0.15) is 0 Å². The van der Waals surface area contributed by atoms with Gasteiger partial charge in [0, 0.05) is 49.3 Å². The van der Waals surface area contributed by atoms with Crippen molar-refractivity contribution in [2.24, 2.45) is 0 Å². The molecule has 0 aliphatic heterocycles. The lowest BCUT2D eigenvalue weighted by Gasteiger charge is -2.11. The van der Waals surface area contributed by atoms with Crippen molar-refractivity contribution in [3.05, 3.63) is 218 Å². The Morgan fingerprint density at radius 3 is 1.54 bits per heavy atom. The molecule has 3 heterocycles. The molecule has 0 atom stereocenters. The quantitative estimate of drug-likeness (QED) is 0.171. The second-order valence-corrected chi connectivity index (χ2v) is 16.1. The van der Waals surface area contributed by atoms with E-state index >= 15 is 0 Å². The highest BCUT2D eigenvalue weighted by atomic mass is 16.3. The Labute approximate surface area is 351 Å². The Kier molecular flexibility index (Phi) is 7.31. The first-order valence-electron chi connectivity index (χ1n) is 20.9. The van der Waals surface area contributed by atoms with Gasteiger partial charge in [0.1, 0.15) is 11.2 Å². The molecule has 13 aromatic rings. The number of furan rings is 1. The maximum atomic E-state index is 6.54. The SMILES string of the molecule is c1ccc2cc(-c3ccc(-n4c5ccc(-c6ccc(-n7c8ccccc8c8ccccc87)cc6)cc5c5ccc(-c6cccc7c6oc6ccccc67)cc54)cc3)ccc2c1. The first-order valence-corrected chi connectivity index (χ1v) is 20.9. The van der Waals surface area contributed by atoms with Gasteiger partial charge >= 0.3 is 0 Å². The average Bonchev–Trinajstić information content (AvgIpc) is 3.99. The highest BCUT2D eigenvalue weighted by Gasteiger charge is 2.18. The minimum Gasteiger partial charge on any atom is -0.455 e. The fourth-order valence-electron chi connectivity index (χ4n) is 9.80. The van der Waals surface area contributed by atoms with Crippen molar-refractivity contribution in [2.75, 3.05) is 0 Å². The lowest BCUT2D eigenvalue weighted by Crippen LogP contribution is -1.94. The van der Waals surface area contributed by atoms with Crippen LogP contribution < -0.4 is 0 Å². The molecule has 3 heteroatoms. The lowest BCUT2D eigenvalue weighted by molar-refractivity contribution is 0.670. The molecule has 0 saturated heterocycles. The van der Waals surface area contributed by atoms with Crippen LogP contribution in [0.2, 0.25) is 0 Å². The summed E-state index contributed by atoms with van der Waals surface area (Å²) < 4.78 is 11.3. The van der Waals surface area contributed by atoms with Gasteiger partial charge in [-0.05, 0) is 105 Å². The molecule has 13 rings (SSSR count). The number of rotatable bonds is 5. The van der Waals surface area contributed by atoms with Crippen LogP contribution in [0.4, 0.5) is 0 Å². The van der Waals surface area contributed by atoms with Crippen LogP contribution in [0.15, 0.2) is 223 Å². The van der Waals surface area contributed by atoms with E-state index in [4.69, 9.17) is 4.42 Å². The Balaban J connectivity index is 0.961. The predicted molar refractivity (Wildman–Crippen MR) is 256 cm³/mol. The van der Waals surface area contributed by atoms with E-state index in [9.17, 15) is 0 Å². The minimum absolute atomic E-state index is 0.905. The number of hydrogen-bond donors (Lipinski definition) is 0. The molecule has 0 radical (unpaired) electrons. The maximum absolute atomic E-state index is 6.54. The van der Waals surface area contributed by atoms with Crippen LogP contribution in [0.1, 0.15) is 0 Å². The molecular weight excluding hydrogens is 741 g/mol. The summed E-state index contributed by atoms with van der Waals surface area (Å²) in [6, 6.07) is 79.3. The highest BCUT2D eigenvalue weighted by molar-refractivity contribution is 6.14. The third-order valence-corrected chi connectivity index (χ3v) is 12.7. The summed E-state index contributed by atoms with van der Waals surface area (Å²) >= 11 is 0. The Hall–Kier alpha value is -8.14. The summed E-state index contributed by atoms with van der Waals surface area (Å²) in [6.45, 7) is 0. The maximum Gasteiger partial charge on any atom is 0.143 e. The number of benzene rings is 10. The van der Waals surface area contributed by atoms with Crippen LogP contribution in [0, 0.1) is 0 Å². The number of hydrogen-bond acceptors (Lipinski definition) is 1. The molecule has 0 saturated carbocycles. The average molecular weight is 777 g/mol. The van der Waals surface area contributed by atoms with Crippen molar-refractivity contribution in [3.8, 4) is 44.8 Å². The molecule has 0 N–H and O–H groups in total. The molecule has 0 aliphatic rings. The monoisotopic (exact) mass is 776 g/mol. The fourth-order valence-corrected chi connectivity index (χ4v) is 9.80. The van der Waals surface area contributed by atoms with Crippen LogP contribution in [0.5, 0.6) is 0 Å². The van der Waals surface area contributed by atoms with Crippen molar-refractivity contribution in [2.45, 2.75) is 0 Å². The number of aromatic nitrogens is 2. The second kappa shape index (κ2) is 13.2. The van der Waals surface area contributed by atoms with Gasteiger partial charge in [0.25, 0.3) is 0 Å². The molecule has 0 unspecified atom stereocenters. The second-order valence-electron chi connectivity index (χ2n) is 16.1. The summed E-state index contributed by atoms with van der Waals surface area (Å²) in [5, 5.41) is 9.72. The van der Waals surface area contributed by atoms with E-state index < -0.39 is 0 Å². The van der Waals surface area contributed by atoms with Crippen molar-refractivity contribution in [1.29, 1.82) is 0 Å². The van der Waals surface area contributed by atoms with Gasteiger partial charge in [-0.1, -0.05) is 152 Å². The lowest BCUT2D eigenvalue weighted by atomic mass is 9.99. The molecule has 0 bridgehead atoms. The smallest absolute Gasteiger partial charge is 0.143 e. The zero-order chi connectivity index (χ0) is 40.0. The van der Waals surface area contributed by atoms with E-state index in [0.717, 1.165) is 50.0 Å². The van der Waals surface area contributed by atoms with E-state index in [1.807, 2.05) is 6.07 Å². The minimum atomic E-state index is 0.905. The topological polar surface area (TPSA) is 23.0 Å². The molecule has 0 amide bonds. The van der Waals surface area contributed by atoms with Gasteiger partial charge in [0.15, 0.2) is 0 Å². The normalized spacial score (nSPS) is 11.9. The van der Waals surface area contributed by atoms with E-state index in [-0.39, 0.29) is 0 Å². The number of para-hydroxylation sites is 4. The van der Waals surface area contributed by atoms with Crippen molar-refractivity contribution in [1.82, 2.24) is 9.13 Å². The number of nitrogens with zero attached hydrogens (tertiary/aromatic N) is 2. The Morgan fingerprint density at radius 1 is 0.279 bits per heavy atom. The Morgan fingerprint density at radius 2 is 0.803 bits per heavy atom. The van der Waals surface area contributed by atoms with Crippen molar-refractivity contribution < 1.29 is 4.42 Å². The van der Waals surface area contributed by atoms with E-state index in [2.05, 4.69) is 221 Å². The number of fused-ring (bicyclic) bond motifs is 10. The highest BCUT2D eigenvalue weighted by Crippen LogP contribution is 2.41. The third kappa shape index (κ3) is 5.24. The Bertz CT molecular complexity index is 3810. The van der Waals surface area contributed by atoms with Crippen LogP contribution in [-0.4, -0.2) is 9.13 Å². The predicted octanol–water partition coefficient (Wildman–Crippen LogP) is 15.9. The van der Waals surface area contributed by atoms with Gasteiger partial charge in [0.05, 0.1) is 22.1 Å². The molecule has 284 valence electrons. The molecule has 3 aromatic heterocycles. The first-order chi connectivity index (χ1) is 30.2. The molecule has 61 heavy (non-hydrogen) atoms. The van der Waals surface area contributed by atoms with Crippen LogP contribution in [0.3, 0.4) is 0 Å². The van der Waals surface area contributed by atoms with E-state index in [0.29, 0.717) is 0 Å². The molecule has 0 spiro atoms. The molecule has 0 aliphatic carbocycles. The van der Waals surface area contributed by atoms with Crippen LogP contribution in [-0.2, 0) is 0 Å². The molecule has 3 nitrogen and oxygen atoms in total. The first kappa shape index (κ1) is 33.8. The standard InChI is InChI=1S/C58H36N2O/c1-2-11-40-34-41(21-20-37(40)10-1)38-22-30-45(31-23-38)60-55-33-27-42(39-24-28-44(29-25-39)59-53-17-6-3-12-47(53)48-13-4-7-18-54(48)59)35-52(55)49-32-26-43(36-56(49)60)46-15-9-16-51-50-14-5-8-19-57(50)61-58(46)51/h1-36H. The van der Waals surface area contributed by atoms with E-state index in [1.165, 1.54) is 71.1 Å². The van der Waals surface area contributed by atoms with Gasteiger partial charge in [0.2, 0.25) is 0 Å². The van der Waals surface area contributed by atoms with Crippen molar-refractivity contribution in [3.63, 3.8) is 0 Å². The fraction of sp³-hybridized carbons (Fsp3) is 0. The molecular formula is C58H36N2O. The van der Waals surface area contributed by atoms with E-state index in [1.54, 1.807) is 0 Å². The van der Waals surface area contributed by atoms with Gasteiger partial charge < -0.3 is 13.6 Å². The summed E-state index contributed by atoms with van der Waals surface area (Å²) in [5.41, 5.74) is 15.8. The van der Waals surface area contributed by atoms with Crippen LogP contribution in [0.25, 0.3) is 121 Å². The zero-order valence-electron chi connectivity index (χ0n) is 33.1. The molecule has 0 fully saturated rings. The van der Waals surface area contributed by atoms with Gasteiger partial charge in [-0.25, -0.2) is 0 Å². The van der Waals surface area contributed by atoms with Crippen LogP contribution >= 0.6 is 0 Å². The third-order valence-electron chi connectivity index (χ3n) is 12.7. The summed E-state index contributed by atoms with van der Waals surface area (Å²) in [7, 11) is 0. The summed E-state index contributed by atoms with van der Waals surface area (Å²) in [6.07, 6.45) is 0. The largest absolute Gasteiger partial charge is 0.455 e. The summed E-state index contributed by atoms with van der Waals surface area (Å²) in [4.78, 5) is 0. The van der Waals surface area contributed by atoms with Gasteiger partial charge in [-0.15, -0.1) is 0 Å². The summed E-state index contributed by atoms with van der Waals surface area (Å²) in [5.74, 6) is 0. The molecule has 10 aromatic carbocycles.